The predicted molar refractivity (Wildman–Crippen MR) is 128 cm³/mol. The minimum absolute atomic E-state index is 0.263. The van der Waals surface area contributed by atoms with Crippen LogP contribution in [0.5, 0.6) is 0 Å². The van der Waals surface area contributed by atoms with Gasteiger partial charge in [-0.25, -0.2) is 4.90 Å². The first kappa shape index (κ1) is 22.1. The van der Waals surface area contributed by atoms with Gasteiger partial charge in [-0.2, -0.15) is 0 Å². The molecule has 6 nitrogen and oxygen atoms in total. The Morgan fingerprint density at radius 1 is 0.875 bits per heavy atom. The van der Waals surface area contributed by atoms with E-state index in [1.165, 1.54) is 4.90 Å². The summed E-state index contributed by atoms with van der Waals surface area (Å²) in [5.74, 6) is -0.531. The van der Waals surface area contributed by atoms with Crippen molar-refractivity contribution in [1.29, 1.82) is 0 Å². The molecule has 0 N–H and O–H groups in total. The molecule has 32 heavy (non-hydrogen) atoms. The molecule has 2 aliphatic rings. The number of anilines is 2. The molecule has 2 aromatic rings. The van der Waals surface area contributed by atoms with Gasteiger partial charge < -0.3 is 14.5 Å². The molecule has 0 saturated carbocycles. The van der Waals surface area contributed by atoms with Crippen molar-refractivity contribution < 1.29 is 14.3 Å². The lowest BCUT2D eigenvalue weighted by molar-refractivity contribution is -0.121. The summed E-state index contributed by atoms with van der Waals surface area (Å²) >= 11 is 0. The third-order valence-corrected chi connectivity index (χ3v) is 6.42. The van der Waals surface area contributed by atoms with Crippen molar-refractivity contribution in [2.75, 3.05) is 49.2 Å². The van der Waals surface area contributed by atoms with E-state index in [2.05, 4.69) is 18.7 Å². The molecule has 0 aliphatic carbocycles. The number of ether oxygens (including phenoxy) is 1. The van der Waals surface area contributed by atoms with Crippen molar-refractivity contribution in [3.8, 4) is 0 Å². The Kier molecular flexibility index (Phi) is 6.33. The Bertz CT molecular complexity index is 1050. The molecule has 1 saturated heterocycles. The number of morpholine rings is 1. The number of amides is 2. The molecule has 0 bridgehead atoms. The van der Waals surface area contributed by atoms with E-state index < -0.39 is 0 Å². The van der Waals surface area contributed by atoms with Gasteiger partial charge in [0.15, 0.2) is 0 Å². The topological polar surface area (TPSA) is 53.1 Å². The van der Waals surface area contributed by atoms with Crippen LogP contribution < -0.4 is 9.80 Å². The third kappa shape index (κ3) is 3.91. The second kappa shape index (κ2) is 9.17. The van der Waals surface area contributed by atoms with Crippen LogP contribution in [0.15, 0.2) is 48.2 Å². The number of carbonyl (C=O) groups is 2. The van der Waals surface area contributed by atoms with Crippen molar-refractivity contribution in [3.05, 3.63) is 64.9 Å². The number of aryl methyl sites for hydroxylation is 2. The lowest BCUT2D eigenvalue weighted by Crippen LogP contribution is -2.40. The van der Waals surface area contributed by atoms with Crippen molar-refractivity contribution in [1.82, 2.24) is 4.90 Å². The summed E-state index contributed by atoms with van der Waals surface area (Å²) in [4.78, 5) is 32.9. The van der Waals surface area contributed by atoms with Gasteiger partial charge in [0.1, 0.15) is 5.70 Å². The molecule has 0 radical (unpaired) electrons. The van der Waals surface area contributed by atoms with Crippen LogP contribution in [0.1, 0.15) is 30.5 Å². The predicted octanol–water partition coefficient (Wildman–Crippen LogP) is 3.77. The van der Waals surface area contributed by atoms with Crippen LogP contribution in [0.4, 0.5) is 11.4 Å². The SMILES string of the molecule is CCN(CC)c1ccc(N2C(=O)C(c3ccc(C)c(C)c3)=C(N3CCOCC3)C2=O)cc1. The molecular formula is C26H31N3O3. The highest BCUT2D eigenvalue weighted by molar-refractivity contribution is 6.45. The zero-order valence-electron chi connectivity index (χ0n) is 19.4. The molecule has 2 aromatic carbocycles. The minimum Gasteiger partial charge on any atom is -0.378 e. The van der Waals surface area contributed by atoms with E-state index in [0.717, 1.165) is 35.5 Å². The molecule has 4 rings (SSSR count). The van der Waals surface area contributed by atoms with Gasteiger partial charge >= 0.3 is 0 Å². The van der Waals surface area contributed by atoms with Gasteiger partial charge in [0.05, 0.1) is 24.5 Å². The van der Waals surface area contributed by atoms with Crippen molar-refractivity contribution in [3.63, 3.8) is 0 Å². The van der Waals surface area contributed by atoms with Gasteiger partial charge in [-0.1, -0.05) is 18.2 Å². The number of carbonyl (C=O) groups excluding carboxylic acids is 2. The second-order valence-electron chi connectivity index (χ2n) is 8.26. The van der Waals surface area contributed by atoms with Gasteiger partial charge in [0.2, 0.25) is 0 Å². The summed E-state index contributed by atoms with van der Waals surface area (Å²) in [6.45, 7) is 12.4. The number of hydrogen-bond donors (Lipinski definition) is 0. The van der Waals surface area contributed by atoms with E-state index in [9.17, 15) is 9.59 Å². The average molecular weight is 434 g/mol. The highest BCUT2D eigenvalue weighted by atomic mass is 16.5. The maximum Gasteiger partial charge on any atom is 0.282 e. The average Bonchev–Trinajstić information content (AvgIpc) is 3.07. The summed E-state index contributed by atoms with van der Waals surface area (Å²) in [6.07, 6.45) is 0. The van der Waals surface area contributed by atoms with Gasteiger partial charge in [-0.05, 0) is 68.7 Å². The van der Waals surface area contributed by atoms with Crippen LogP contribution in [0, 0.1) is 13.8 Å². The monoisotopic (exact) mass is 433 g/mol. The third-order valence-electron chi connectivity index (χ3n) is 6.42. The van der Waals surface area contributed by atoms with Crippen LogP contribution in [0.25, 0.3) is 5.57 Å². The molecule has 2 amide bonds. The first-order valence-corrected chi connectivity index (χ1v) is 11.3. The Hall–Kier alpha value is -3.12. The number of hydrogen-bond acceptors (Lipinski definition) is 5. The lowest BCUT2D eigenvalue weighted by Gasteiger charge is -2.29. The second-order valence-corrected chi connectivity index (χ2v) is 8.26. The van der Waals surface area contributed by atoms with E-state index in [1.54, 1.807) is 0 Å². The summed E-state index contributed by atoms with van der Waals surface area (Å²) in [7, 11) is 0. The summed E-state index contributed by atoms with van der Waals surface area (Å²) in [5, 5.41) is 0. The number of rotatable bonds is 6. The van der Waals surface area contributed by atoms with E-state index in [-0.39, 0.29) is 11.8 Å². The molecule has 2 aliphatic heterocycles. The molecule has 1 fully saturated rings. The van der Waals surface area contributed by atoms with Crippen molar-refractivity contribution in [2.45, 2.75) is 27.7 Å². The van der Waals surface area contributed by atoms with E-state index in [1.807, 2.05) is 61.2 Å². The largest absolute Gasteiger partial charge is 0.378 e. The maximum absolute atomic E-state index is 13.7. The quantitative estimate of drug-likeness (QED) is 0.649. The van der Waals surface area contributed by atoms with Crippen LogP contribution in [0.3, 0.4) is 0 Å². The molecule has 0 spiro atoms. The number of benzene rings is 2. The smallest absolute Gasteiger partial charge is 0.282 e. The van der Waals surface area contributed by atoms with Crippen LogP contribution in [0.2, 0.25) is 0 Å². The van der Waals surface area contributed by atoms with Crippen LogP contribution >= 0.6 is 0 Å². The molecule has 0 atom stereocenters. The zero-order valence-corrected chi connectivity index (χ0v) is 19.4. The maximum atomic E-state index is 13.7. The zero-order chi connectivity index (χ0) is 22.8. The van der Waals surface area contributed by atoms with Crippen molar-refractivity contribution in [2.24, 2.45) is 0 Å². The number of nitrogens with zero attached hydrogens (tertiary/aromatic N) is 3. The van der Waals surface area contributed by atoms with E-state index >= 15 is 0 Å². The Labute approximate surface area is 190 Å². The Balaban J connectivity index is 1.75. The fourth-order valence-corrected chi connectivity index (χ4v) is 4.39. The highest BCUT2D eigenvalue weighted by Crippen LogP contribution is 2.36. The van der Waals surface area contributed by atoms with Crippen LogP contribution in [-0.2, 0) is 14.3 Å². The molecule has 0 unspecified atom stereocenters. The Morgan fingerprint density at radius 3 is 2.12 bits per heavy atom. The number of imide groups is 1. The fourth-order valence-electron chi connectivity index (χ4n) is 4.39. The normalized spacial score (nSPS) is 16.9. The molecule has 6 heteroatoms. The molecule has 2 heterocycles. The summed E-state index contributed by atoms with van der Waals surface area (Å²) in [5.41, 5.74) is 5.67. The lowest BCUT2D eigenvalue weighted by atomic mass is 9.99. The first-order valence-electron chi connectivity index (χ1n) is 11.3. The highest BCUT2D eigenvalue weighted by Gasteiger charge is 2.42. The van der Waals surface area contributed by atoms with Gasteiger partial charge in [0, 0.05) is 31.9 Å². The minimum atomic E-state index is -0.268. The van der Waals surface area contributed by atoms with Gasteiger partial charge in [0.25, 0.3) is 11.8 Å². The van der Waals surface area contributed by atoms with E-state index in [4.69, 9.17) is 4.74 Å². The van der Waals surface area contributed by atoms with Gasteiger partial charge in [-0.15, -0.1) is 0 Å². The molecule has 0 aromatic heterocycles. The molecule has 168 valence electrons. The van der Waals surface area contributed by atoms with E-state index in [0.29, 0.717) is 43.3 Å². The first-order chi connectivity index (χ1) is 15.5. The standard InChI is InChI=1S/C26H31N3O3/c1-5-27(6-2)21-9-11-22(12-10-21)29-25(30)23(20-8-7-18(3)19(4)17-20)24(26(29)31)28-13-15-32-16-14-28/h7-12,17H,5-6,13-16H2,1-4H3. The van der Waals surface area contributed by atoms with Gasteiger partial charge in [-0.3, -0.25) is 9.59 Å². The fraction of sp³-hybridized carbons (Fsp3) is 0.385. The summed E-state index contributed by atoms with van der Waals surface area (Å²) in [6, 6.07) is 13.6. The molecular weight excluding hydrogens is 402 g/mol. The van der Waals surface area contributed by atoms with Crippen molar-refractivity contribution >= 4 is 28.8 Å². The van der Waals surface area contributed by atoms with Crippen LogP contribution in [-0.4, -0.2) is 56.1 Å². The Morgan fingerprint density at radius 2 is 1.53 bits per heavy atom. The summed E-state index contributed by atoms with van der Waals surface area (Å²) < 4.78 is 5.49.